The normalized spacial score (nSPS) is 18.7. The lowest BCUT2D eigenvalue weighted by atomic mass is 10.2. The summed E-state index contributed by atoms with van der Waals surface area (Å²) in [5.74, 6) is 0. The van der Waals surface area contributed by atoms with Gasteiger partial charge in [-0.1, -0.05) is 31.6 Å². The van der Waals surface area contributed by atoms with Crippen LogP contribution in [0.5, 0.6) is 0 Å². The molecule has 0 aromatic heterocycles. The minimum Gasteiger partial charge on any atom is -0.364 e. The Balaban J connectivity index is 3.30. The first-order valence-corrected chi connectivity index (χ1v) is 5.94. The number of halogens is 5. The van der Waals surface area contributed by atoms with Crippen LogP contribution in [-0.2, 0) is 4.74 Å². The van der Waals surface area contributed by atoms with Gasteiger partial charge in [-0.2, -0.15) is 0 Å². The van der Waals surface area contributed by atoms with E-state index < -0.39 is 21.4 Å². The SMILES string of the molecule is COC(O)c1cccc(S(F)(F)(F)(F)F)c1. The molecule has 0 bridgehead atoms. The number of hydrogen-bond donors (Lipinski definition) is 1. The predicted octanol–water partition coefficient (Wildman–Crippen LogP) is 3.98. The van der Waals surface area contributed by atoms with E-state index in [9.17, 15) is 19.4 Å². The summed E-state index contributed by atoms with van der Waals surface area (Å²) in [6.07, 6.45) is -1.67. The average Bonchev–Trinajstić information content (AvgIpc) is 2.13. The van der Waals surface area contributed by atoms with Gasteiger partial charge in [-0.25, -0.2) is 0 Å². The molecule has 8 heteroatoms. The molecule has 1 unspecified atom stereocenters. The molecular formula is C8H9F5O2S. The monoisotopic (exact) mass is 264 g/mol. The van der Waals surface area contributed by atoms with Gasteiger partial charge in [0, 0.05) is 12.7 Å². The maximum Gasteiger partial charge on any atom is 0.310 e. The van der Waals surface area contributed by atoms with Crippen molar-refractivity contribution in [3.63, 3.8) is 0 Å². The fourth-order valence-electron chi connectivity index (χ4n) is 1.04. The molecule has 1 atom stereocenters. The van der Waals surface area contributed by atoms with E-state index in [0.717, 1.165) is 19.2 Å². The average molecular weight is 264 g/mol. The second kappa shape index (κ2) is 3.08. The lowest BCUT2D eigenvalue weighted by Gasteiger charge is -2.40. The zero-order valence-electron chi connectivity index (χ0n) is 8.04. The summed E-state index contributed by atoms with van der Waals surface area (Å²) in [4.78, 5) is -2.05. The van der Waals surface area contributed by atoms with Crippen LogP contribution in [0, 0.1) is 0 Å². The van der Waals surface area contributed by atoms with Crippen molar-refractivity contribution < 1.29 is 29.3 Å². The molecule has 0 aliphatic carbocycles. The number of methoxy groups -OCH3 is 1. The van der Waals surface area contributed by atoms with E-state index in [4.69, 9.17) is 5.11 Å². The third-order valence-corrected chi connectivity index (χ3v) is 2.96. The summed E-state index contributed by atoms with van der Waals surface area (Å²) >= 11 is 0. The molecule has 1 rings (SSSR count). The van der Waals surface area contributed by atoms with Gasteiger partial charge in [0.05, 0.1) is 0 Å². The Kier molecular flexibility index (Phi) is 2.54. The van der Waals surface area contributed by atoms with Gasteiger partial charge in [0.15, 0.2) is 6.29 Å². The molecule has 0 heterocycles. The fraction of sp³-hybridized carbons (Fsp3) is 0.250. The molecular weight excluding hydrogens is 255 g/mol. The third kappa shape index (κ3) is 3.06. The predicted molar refractivity (Wildman–Crippen MR) is 49.8 cm³/mol. The number of benzene rings is 1. The van der Waals surface area contributed by atoms with Crippen molar-refractivity contribution in [3.8, 4) is 0 Å². The maximum absolute atomic E-state index is 12.4. The molecule has 0 saturated carbocycles. The first-order valence-electron chi connectivity index (χ1n) is 3.99. The van der Waals surface area contributed by atoms with Crippen LogP contribution in [0.4, 0.5) is 19.4 Å². The van der Waals surface area contributed by atoms with Crippen molar-refractivity contribution in [2.24, 2.45) is 0 Å². The van der Waals surface area contributed by atoms with E-state index in [2.05, 4.69) is 4.74 Å². The third-order valence-electron chi connectivity index (χ3n) is 1.81. The Hall–Kier alpha value is -0.860. The van der Waals surface area contributed by atoms with Crippen molar-refractivity contribution in [3.05, 3.63) is 29.8 Å². The summed E-state index contributed by atoms with van der Waals surface area (Å²) in [6.45, 7) is 0. The van der Waals surface area contributed by atoms with Gasteiger partial charge in [-0.3, -0.25) is 0 Å². The molecule has 1 N–H and O–H groups in total. The molecule has 0 fully saturated rings. The summed E-state index contributed by atoms with van der Waals surface area (Å²) in [5, 5.41) is 9.07. The Morgan fingerprint density at radius 2 is 1.75 bits per heavy atom. The van der Waals surface area contributed by atoms with Crippen LogP contribution >= 0.6 is 10.2 Å². The molecule has 0 amide bonds. The van der Waals surface area contributed by atoms with Crippen molar-refractivity contribution in [1.29, 1.82) is 0 Å². The van der Waals surface area contributed by atoms with Crippen LogP contribution in [0.25, 0.3) is 0 Å². The fourth-order valence-corrected chi connectivity index (χ4v) is 1.74. The molecule has 0 aliphatic rings. The second-order valence-electron chi connectivity index (χ2n) is 3.13. The first-order chi connectivity index (χ1) is 6.94. The van der Waals surface area contributed by atoms with E-state index in [1.165, 1.54) is 0 Å². The molecule has 1 aromatic carbocycles. The molecule has 2 nitrogen and oxygen atoms in total. The molecule has 16 heavy (non-hydrogen) atoms. The minimum absolute atomic E-state index is 0.176. The first kappa shape index (κ1) is 13.2. The summed E-state index contributed by atoms with van der Waals surface area (Å²) in [7, 11) is -8.65. The van der Waals surface area contributed by atoms with Crippen molar-refractivity contribution in [2.45, 2.75) is 11.2 Å². The topological polar surface area (TPSA) is 29.5 Å². The van der Waals surface area contributed by atoms with E-state index >= 15 is 0 Å². The van der Waals surface area contributed by atoms with Gasteiger partial charge in [0.2, 0.25) is 0 Å². The number of rotatable bonds is 3. The van der Waals surface area contributed by atoms with E-state index in [-0.39, 0.29) is 17.7 Å². The van der Waals surface area contributed by atoms with E-state index in [1.807, 2.05) is 0 Å². The van der Waals surface area contributed by atoms with E-state index in [1.54, 1.807) is 0 Å². The standard InChI is InChI=1S/C8H9F5O2S/c1-15-8(14)6-3-2-4-7(5-6)16(9,10,11,12)13/h2-5,8,14H,1H3. The minimum atomic E-state index is -9.69. The van der Waals surface area contributed by atoms with Gasteiger partial charge in [0.25, 0.3) is 0 Å². The van der Waals surface area contributed by atoms with Crippen LogP contribution < -0.4 is 0 Å². The highest BCUT2D eigenvalue weighted by molar-refractivity contribution is 8.45. The molecule has 0 spiro atoms. The number of aliphatic hydroxyl groups is 1. The summed E-state index contributed by atoms with van der Waals surface area (Å²) < 4.78 is 66.2. The Morgan fingerprint density at radius 3 is 2.19 bits per heavy atom. The molecule has 1 aromatic rings. The largest absolute Gasteiger partial charge is 0.364 e. The Bertz CT molecular complexity index is 401. The van der Waals surface area contributed by atoms with Crippen LogP contribution in [0.2, 0.25) is 0 Å². The maximum atomic E-state index is 12.4. The number of ether oxygens (including phenoxy) is 1. The quantitative estimate of drug-likeness (QED) is 0.661. The second-order valence-corrected chi connectivity index (χ2v) is 5.54. The smallest absolute Gasteiger partial charge is 0.310 e. The van der Waals surface area contributed by atoms with Crippen LogP contribution in [0.3, 0.4) is 0 Å². The zero-order valence-corrected chi connectivity index (χ0v) is 8.86. The van der Waals surface area contributed by atoms with Crippen LogP contribution in [-0.4, -0.2) is 12.2 Å². The highest BCUT2D eigenvalue weighted by atomic mass is 32.5. The van der Waals surface area contributed by atoms with Crippen LogP contribution in [0.15, 0.2) is 29.2 Å². The number of hydrogen-bond acceptors (Lipinski definition) is 2. The number of aliphatic hydroxyl groups excluding tert-OH is 1. The summed E-state index contributed by atoms with van der Waals surface area (Å²) in [5.41, 5.74) is -0.381. The Morgan fingerprint density at radius 1 is 1.19 bits per heavy atom. The van der Waals surface area contributed by atoms with Gasteiger partial charge >= 0.3 is 10.2 Å². The molecule has 0 aliphatic heterocycles. The van der Waals surface area contributed by atoms with Crippen molar-refractivity contribution >= 4 is 10.2 Å². The lowest BCUT2D eigenvalue weighted by Crippen LogP contribution is -2.08. The van der Waals surface area contributed by atoms with Gasteiger partial charge < -0.3 is 9.84 Å². The van der Waals surface area contributed by atoms with Gasteiger partial charge in [-0.15, -0.1) is 0 Å². The summed E-state index contributed by atoms with van der Waals surface area (Å²) in [6, 6.07) is 2.27. The van der Waals surface area contributed by atoms with Crippen molar-refractivity contribution in [1.82, 2.24) is 0 Å². The highest BCUT2D eigenvalue weighted by Gasteiger charge is 2.65. The van der Waals surface area contributed by atoms with Gasteiger partial charge in [0.1, 0.15) is 4.90 Å². The molecule has 0 saturated heterocycles. The molecule has 0 radical (unpaired) electrons. The van der Waals surface area contributed by atoms with Crippen LogP contribution in [0.1, 0.15) is 11.9 Å². The lowest BCUT2D eigenvalue weighted by molar-refractivity contribution is -0.0770. The Labute approximate surface area is 88.4 Å². The van der Waals surface area contributed by atoms with E-state index in [0.29, 0.717) is 0 Å². The highest BCUT2D eigenvalue weighted by Crippen LogP contribution is 3.02. The van der Waals surface area contributed by atoms with Gasteiger partial charge in [-0.05, 0) is 12.1 Å². The zero-order chi connectivity index (χ0) is 12.7. The van der Waals surface area contributed by atoms with Crippen molar-refractivity contribution in [2.75, 3.05) is 7.11 Å². The molecule has 94 valence electrons.